The van der Waals surface area contributed by atoms with Gasteiger partial charge in [-0.3, -0.25) is 4.68 Å². The molecular formula is C14H19N3O. The van der Waals surface area contributed by atoms with E-state index in [0.717, 1.165) is 5.69 Å². The van der Waals surface area contributed by atoms with Crippen LogP contribution in [0.15, 0.2) is 36.7 Å². The number of aromatic nitrogens is 2. The van der Waals surface area contributed by atoms with Crippen LogP contribution in [-0.4, -0.2) is 21.5 Å². The molecule has 2 N–H and O–H groups in total. The Kier molecular flexibility index (Phi) is 3.99. The summed E-state index contributed by atoms with van der Waals surface area (Å²) in [6, 6.07) is 8.58. The van der Waals surface area contributed by atoms with Crippen LogP contribution in [0.2, 0.25) is 0 Å². The lowest BCUT2D eigenvalue weighted by molar-refractivity contribution is 0.269. The Morgan fingerprint density at radius 3 is 2.89 bits per heavy atom. The summed E-state index contributed by atoms with van der Waals surface area (Å²) >= 11 is 0. The molecule has 4 heteroatoms. The van der Waals surface area contributed by atoms with Crippen LogP contribution in [0.5, 0.6) is 0 Å². The number of aliphatic hydroxyl groups excluding tert-OH is 1. The molecule has 96 valence electrons. The minimum absolute atomic E-state index is 0.106. The van der Waals surface area contributed by atoms with Gasteiger partial charge in [-0.25, -0.2) is 0 Å². The molecular weight excluding hydrogens is 226 g/mol. The van der Waals surface area contributed by atoms with E-state index in [-0.39, 0.29) is 12.6 Å². The maximum absolute atomic E-state index is 8.84. The van der Waals surface area contributed by atoms with Crippen molar-refractivity contribution in [2.45, 2.75) is 26.4 Å². The van der Waals surface area contributed by atoms with Crippen LogP contribution in [0.3, 0.4) is 0 Å². The number of anilines is 1. The highest BCUT2D eigenvalue weighted by Crippen LogP contribution is 2.21. The molecule has 2 rings (SSSR count). The van der Waals surface area contributed by atoms with Crippen LogP contribution in [0.25, 0.3) is 0 Å². The number of hydrogen-bond donors (Lipinski definition) is 2. The monoisotopic (exact) mass is 245 g/mol. The van der Waals surface area contributed by atoms with Gasteiger partial charge < -0.3 is 10.4 Å². The molecule has 1 unspecified atom stereocenters. The van der Waals surface area contributed by atoms with Gasteiger partial charge in [0.25, 0.3) is 0 Å². The van der Waals surface area contributed by atoms with Crippen LogP contribution < -0.4 is 5.32 Å². The van der Waals surface area contributed by atoms with E-state index in [4.69, 9.17) is 5.11 Å². The summed E-state index contributed by atoms with van der Waals surface area (Å²) in [5.41, 5.74) is 3.53. The molecule has 1 aromatic heterocycles. The first-order chi connectivity index (χ1) is 8.70. The maximum Gasteiger partial charge on any atom is 0.0731 e. The molecule has 0 saturated carbocycles. The first-order valence-corrected chi connectivity index (χ1v) is 6.16. The number of hydrogen-bond acceptors (Lipinski definition) is 3. The van der Waals surface area contributed by atoms with Crippen LogP contribution in [0.4, 0.5) is 5.69 Å². The van der Waals surface area contributed by atoms with E-state index >= 15 is 0 Å². The summed E-state index contributed by atoms with van der Waals surface area (Å²) in [7, 11) is 0. The largest absolute Gasteiger partial charge is 0.394 e. The van der Waals surface area contributed by atoms with Gasteiger partial charge in [0.05, 0.1) is 25.0 Å². The predicted octanol–water partition coefficient (Wildman–Crippen LogP) is 2.36. The van der Waals surface area contributed by atoms with Crippen molar-refractivity contribution < 1.29 is 5.11 Å². The molecule has 0 fully saturated rings. The van der Waals surface area contributed by atoms with E-state index in [0.29, 0.717) is 6.54 Å². The second-order valence-corrected chi connectivity index (χ2v) is 4.44. The number of rotatable bonds is 5. The molecule has 0 bridgehead atoms. The zero-order chi connectivity index (χ0) is 13.0. The minimum Gasteiger partial charge on any atom is -0.394 e. The number of aliphatic hydroxyl groups is 1. The van der Waals surface area contributed by atoms with E-state index in [1.54, 1.807) is 10.9 Å². The van der Waals surface area contributed by atoms with Gasteiger partial charge in [-0.15, -0.1) is 0 Å². The molecule has 0 saturated heterocycles. The standard InChI is InChI=1S/C14H19N3O/c1-11-5-3-4-6-14(11)12(2)16-13-9-15-17(10-13)7-8-18/h3-6,9-10,12,16,18H,7-8H2,1-2H3. The van der Waals surface area contributed by atoms with Crippen LogP contribution in [0.1, 0.15) is 24.1 Å². The van der Waals surface area contributed by atoms with Crippen molar-refractivity contribution in [1.82, 2.24) is 9.78 Å². The highest BCUT2D eigenvalue weighted by atomic mass is 16.3. The number of benzene rings is 1. The molecule has 0 amide bonds. The fraction of sp³-hybridized carbons (Fsp3) is 0.357. The van der Waals surface area contributed by atoms with Gasteiger partial charge in [0.2, 0.25) is 0 Å². The number of nitrogens with one attached hydrogen (secondary N) is 1. The van der Waals surface area contributed by atoms with Crippen molar-refractivity contribution >= 4 is 5.69 Å². The van der Waals surface area contributed by atoms with Gasteiger partial charge in [-0.05, 0) is 25.0 Å². The quantitative estimate of drug-likeness (QED) is 0.850. The van der Waals surface area contributed by atoms with Crippen molar-refractivity contribution in [2.75, 3.05) is 11.9 Å². The van der Waals surface area contributed by atoms with Gasteiger partial charge in [-0.2, -0.15) is 5.10 Å². The second-order valence-electron chi connectivity index (χ2n) is 4.44. The molecule has 0 aliphatic rings. The zero-order valence-corrected chi connectivity index (χ0v) is 10.8. The summed E-state index contributed by atoms with van der Waals surface area (Å²) in [6.07, 6.45) is 3.69. The van der Waals surface area contributed by atoms with Gasteiger partial charge in [0.15, 0.2) is 0 Å². The lowest BCUT2D eigenvalue weighted by atomic mass is 10.0. The van der Waals surface area contributed by atoms with Gasteiger partial charge in [0, 0.05) is 12.2 Å². The molecule has 0 aliphatic heterocycles. The van der Waals surface area contributed by atoms with Crippen molar-refractivity contribution in [3.05, 3.63) is 47.8 Å². The molecule has 1 heterocycles. The zero-order valence-electron chi connectivity index (χ0n) is 10.8. The second kappa shape index (κ2) is 5.69. The van der Waals surface area contributed by atoms with Crippen molar-refractivity contribution in [3.8, 4) is 0 Å². The van der Waals surface area contributed by atoms with Crippen molar-refractivity contribution in [2.24, 2.45) is 0 Å². The van der Waals surface area contributed by atoms with Crippen LogP contribution in [0, 0.1) is 6.92 Å². The minimum atomic E-state index is 0.106. The number of aryl methyl sites for hydroxylation is 1. The predicted molar refractivity (Wildman–Crippen MR) is 72.5 cm³/mol. The van der Waals surface area contributed by atoms with Gasteiger partial charge in [-0.1, -0.05) is 24.3 Å². The van der Waals surface area contributed by atoms with Crippen molar-refractivity contribution in [3.63, 3.8) is 0 Å². The number of nitrogens with zero attached hydrogens (tertiary/aromatic N) is 2. The molecule has 1 aromatic carbocycles. The topological polar surface area (TPSA) is 50.1 Å². The highest BCUT2D eigenvalue weighted by molar-refractivity contribution is 5.42. The molecule has 0 spiro atoms. The van der Waals surface area contributed by atoms with Crippen LogP contribution in [-0.2, 0) is 6.54 Å². The first-order valence-electron chi connectivity index (χ1n) is 6.16. The SMILES string of the molecule is Cc1ccccc1C(C)Nc1cnn(CCO)c1. The Hall–Kier alpha value is -1.81. The molecule has 1 atom stereocenters. The Balaban J connectivity index is 2.06. The Morgan fingerprint density at radius 1 is 1.39 bits per heavy atom. The van der Waals surface area contributed by atoms with E-state index in [1.165, 1.54) is 11.1 Å². The smallest absolute Gasteiger partial charge is 0.0731 e. The van der Waals surface area contributed by atoms with E-state index in [9.17, 15) is 0 Å². The third-order valence-corrected chi connectivity index (χ3v) is 3.00. The molecule has 4 nitrogen and oxygen atoms in total. The fourth-order valence-corrected chi connectivity index (χ4v) is 2.06. The van der Waals surface area contributed by atoms with E-state index < -0.39 is 0 Å². The van der Waals surface area contributed by atoms with E-state index in [1.807, 2.05) is 12.3 Å². The molecule has 0 aliphatic carbocycles. The van der Waals surface area contributed by atoms with Crippen LogP contribution >= 0.6 is 0 Å². The molecule has 0 radical (unpaired) electrons. The lowest BCUT2D eigenvalue weighted by Crippen LogP contribution is -2.07. The van der Waals surface area contributed by atoms with Gasteiger partial charge in [0.1, 0.15) is 0 Å². The summed E-state index contributed by atoms with van der Waals surface area (Å²) < 4.78 is 1.73. The summed E-state index contributed by atoms with van der Waals surface area (Å²) in [5, 5.41) is 16.4. The first kappa shape index (κ1) is 12.6. The fourth-order valence-electron chi connectivity index (χ4n) is 2.06. The summed E-state index contributed by atoms with van der Waals surface area (Å²) in [6.45, 7) is 4.88. The highest BCUT2D eigenvalue weighted by Gasteiger charge is 2.08. The summed E-state index contributed by atoms with van der Waals surface area (Å²) in [4.78, 5) is 0. The lowest BCUT2D eigenvalue weighted by Gasteiger charge is -2.16. The maximum atomic E-state index is 8.84. The molecule has 2 aromatic rings. The van der Waals surface area contributed by atoms with Crippen molar-refractivity contribution in [1.29, 1.82) is 0 Å². The third-order valence-electron chi connectivity index (χ3n) is 3.00. The Bertz CT molecular complexity index is 507. The summed E-state index contributed by atoms with van der Waals surface area (Å²) in [5.74, 6) is 0. The average Bonchev–Trinajstić information content (AvgIpc) is 2.77. The van der Waals surface area contributed by atoms with E-state index in [2.05, 4.69) is 42.5 Å². The van der Waals surface area contributed by atoms with Gasteiger partial charge >= 0.3 is 0 Å². The third kappa shape index (κ3) is 2.90. The Morgan fingerprint density at radius 2 is 2.17 bits per heavy atom. The average molecular weight is 245 g/mol. The molecule has 18 heavy (non-hydrogen) atoms. The Labute approximate surface area is 107 Å². The normalized spacial score (nSPS) is 12.4.